The molecule has 1 N–H and O–H groups in total. The Morgan fingerprint density at radius 1 is 0.895 bits per heavy atom. The molecule has 1 saturated carbocycles. The van der Waals surface area contributed by atoms with Crippen LogP contribution in [0.2, 0.25) is 0 Å². The third kappa shape index (κ3) is 4.19. The van der Waals surface area contributed by atoms with Gasteiger partial charge in [-0.1, -0.05) is 45.4 Å². The average Bonchev–Trinajstić information content (AvgIpc) is 2.64. The highest BCUT2D eigenvalue weighted by atomic mass is 15.2. The first kappa shape index (κ1) is 15.3. The van der Waals surface area contributed by atoms with Crippen LogP contribution in [0.5, 0.6) is 0 Å². The van der Waals surface area contributed by atoms with Crippen molar-refractivity contribution in [2.45, 2.75) is 95.7 Å². The number of rotatable bonds is 3. The quantitative estimate of drug-likeness (QED) is 0.832. The maximum atomic E-state index is 3.64. The molecule has 1 saturated heterocycles. The van der Waals surface area contributed by atoms with Gasteiger partial charge in [0.05, 0.1) is 0 Å². The fourth-order valence-electron chi connectivity index (χ4n) is 4.27. The molecule has 0 spiro atoms. The largest absolute Gasteiger partial charge is 0.315 e. The van der Waals surface area contributed by atoms with Crippen LogP contribution in [0.1, 0.15) is 77.6 Å². The highest BCUT2D eigenvalue weighted by Gasteiger charge is 2.31. The summed E-state index contributed by atoms with van der Waals surface area (Å²) in [4.78, 5) is 2.90. The minimum absolute atomic E-state index is 0.729. The molecule has 1 heterocycles. The van der Waals surface area contributed by atoms with Gasteiger partial charge in [0.2, 0.25) is 0 Å². The van der Waals surface area contributed by atoms with Gasteiger partial charge in [-0.2, -0.15) is 0 Å². The summed E-state index contributed by atoms with van der Waals surface area (Å²) in [5.41, 5.74) is 0. The fourth-order valence-corrected chi connectivity index (χ4v) is 4.27. The van der Waals surface area contributed by atoms with Crippen molar-refractivity contribution < 1.29 is 0 Å². The van der Waals surface area contributed by atoms with Crippen LogP contribution in [0.3, 0.4) is 0 Å². The van der Waals surface area contributed by atoms with E-state index in [0.717, 1.165) is 18.1 Å². The summed E-state index contributed by atoms with van der Waals surface area (Å²) in [6.07, 6.45) is 15.7. The van der Waals surface area contributed by atoms with Gasteiger partial charge < -0.3 is 5.32 Å². The molecule has 2 fully saturated rings. The monoisotopic (exact) mass is 266 g/mol. The van der Waals surface area contributed by atoms with E-state index in [4.69, 9.17) is 0 Å². The topological polar surface area (TPSA) is 15.3 Å². The molecule has 2 heteroatoms. The maximum absolute atomic E-state index is 3.64. The van der Waals surface area contributed by atoms with E-state index in [9.17, 15) is 0 Å². The zero-order chi connectivity index (χ0) is 13.5. The van der Waals surface area contributed by atoms with Gasteiger partial charge in [-0.15, -0.1) is 0 Å². The van der Waals surface area contributed by atoms with E-state index >= 15 is 0 Å². The Morgan fingerprint density at radius 3 is 2.32 bits per heavy atom. The lowest BCUT2D eigenvalue weighted by atomic mass is 9.89. The average molecular weight is 266 g/mol. The predicted octanol–water partition coefficient (Wildman–Crippen LogP) is 3.95. The van der Waals surface area contributed by atoms with Gasteiger partial charge >= 0.3 is 0 Å². The Bertz CT molecular complexity index is 241. The van der Waals surface area contributed by atoms with Crippen molar-refractivity contribution in [3.05, 3.63) is 0 Å². The molecule has 0 radical (unpaired) electrons. The Balaban J connectivity index is 2.07. The van der Waals surface area contributed by atoms with E-state index in [1.54, 1.807) is 0 Å². The van der Waals surface area contributed by atoms with Crippen LogP contribution in [0.25, 0.3) is 0 Å². The molecule has 19 heavy (non-hydrogen) atoms. The predicted molar refractivity (Wildman–Crippen MR) is 83.6 cm³/mol. The minimum Gasteiger partial charge on any atom is -0.315 e. The first-order valence-electron chi connectivity index (χ1n) is 8.79. The SMILES string of the molecule is CCC1CCCCCN1C1CCCCCCC1NC. The lowest BCUT2D eigenvalue weighted by Crippen LogP contribution is -2.53. The molecule has 2 nitrogen and oxygen atoms in total. The van der Waals surface area contributed by atoms with Crippen molar-refractivity contribution >= 4 is 0 Å². The molecule has 1 aliphatic carbocycles. The number of hydrogen-bond donors (Lipinski definition) is 1. The molecular formula is C17H34N2. The molecule has 0 aromatic rings. The van der Waals surface area contributed by atoms with Gasteiger partial charge in [-0.05, 0) is 45.7 Å². The molecule has 0 amide bonds. The molecule has 112 valence electrons. The first-order chi connectivity index (χ1) is 9.36. The van der Waals surface area contributed by atoms with Crippen molar-refractivity contribution in [1.82, 2.24) is 10.2 Å². The highest BCUT2D eigenvalue weighted by Crippen LogP contribution is 2.28. The van der Waals surface area contributed by atoms with Crippen LogP contribution in [0.15, 0.2) is 0 Å². The number of likely N-dealkylation sites (N-methyl/N-ethyl adjacent to an activating group) is 1. The van der Waals surface area contributed by atoms with Gasteiger partial charge in [0, 0.05) is 18.1 Å². The van der Waals surface area contributed by atoms with E-state index < -0.39 is 0 Å². The van der Waals surface area contributed by atoms with Crippen molar-refractivity contribution in [2.24, 2.45) is 0 Å². The van der Waals surface area contributed by atoms with Crippen molar-refractivity contribution in [3.8, 4) is 0 Å². The summed E-state index contributed by atoms with van der Waals surface area (Å²) >= 11 is 0. The zero-order valence-corrected chi connectivity index (χ0v) is 13.2. The summed E-state index contributed by atoms with van der Waals surface area (Å²) < 4.78 is 0. The first-order valence-corrected chi connectivity index (χ1v) is 8.79. The van der Waals surface area contributed by atoms with Gasteiger partial charge in [-0.3, -0.25) is 4.90 Å². The number of hydrogen-bond acceptors (Lipinski definition) is 2. The van der Waals surface area contributed by atoms with Crippen LogP contribution in [-0.2, 0) is 0 Å². The molecule has 2 rings (SSSR count). The number of likely N-dealkylation sites (tertiary alicyclic amines) is 1. The second kappa shape index (κ2) is 8.26. The van der Waals surface area contributed by atoms with E-state index in [0.29, 0.717) is 0 Å². The molecule has 0 bridgehead atoms. The molecule has 3 atom stereocenters. The Labute approximate surface area is 120 Å². The van der Waals surface area contributed by atoms with E-state index in [2.05, 4.69) is 24.2 Å². The summed E-state index contributed by atoms with van der Waals surface area (Å²) in [5, 5.41) is 3.64. The molecular weight excluding hydrogens is 232 g/mol. The summed E-state index contributed by atoms with van der Waals surface area (Å²) in [6, 6.07) is 2.38. The summed E-state index contributed by atoms with van der Waals surface area (Å²) in [6.45, 7) is 3.74. The number of nitrogens with zero attached hydrogens (tertiary/aromatic N) is 1. The van der Waals surface area contributed by atoms with Gasteiger partial charge in [0.15, 0.2) is 0 Å². The van der Waals surface area contributed by atoms with Gasteiger partial charge in [-0.25, -0.2) is 0 Å². The van der Waals surface area contributed by atoms with Gasteiger partial charge in [0.1, 0.15) is 0 Å². The molecule has 0 aromatic heterocycles. The second-order valence-corrected chi connectivity index (χ2v) is 6.60. The molecule has 2 aliphatic rings. The van der Waals surface area contributed by atoms with E-state index in [-0.39, 0.29) is 0 Å². The Kier molecular flexibility index (Phi) is 6.66. The van der Waals surface area contributed by atoms with Gasteiger partial charge in [0.25, 0.3) is 0 Å². The summed E-state index contributed by atoms with van der Waals surface area (Å²) in [7, 11) is 2.18. The standard InChI is InChI=1S/C17H34N2/c1-3-15-11-7-6-10-14-19(15)17-13-9-5-4-8-12-16(17)18-2/h15-18H,3-14H2,1-2H3. The van der Waals surface area contributed by atoms with E-state index in [1.807, 2.05) is 0 Å². The Morgan fingerprint density at radius 2 is 1.58 bits per heavy atom. The van der Waals surface area contributed by atoms with Crippen LogP contribution in [0.4, 0.5) is 0 Å². The van der Waals surface area contributed by atoms with Crippen molar-refractivity contribution in [2.75, 3.05) is 13.6 Å². The lowest BCUT2D eigenvalue weighted by Gasteiger charge is -2.42. The molecule has 3 unspecified atom stereocenters. The lowest BCUT2D eigenvalue weighted by molar-refractivity contribution is 0.0892. The smallest absolute Gasteiger partial charge is 0.0252 e. The number of nitrogens with one attached hydrogen (secondary N) is 1. The molecule has 0 aromatic carbocycles. The highest BCUT2D eigenvalue weighted by molar-refractivity contribution is 4.89. The van der Waals surface area contributed by atoms with Crippen LogP contribution in [0, 0.1) is 0 Å². The normalized spacial score (nSPS) is 35.4. The Hall–Kier alpha value is -0.0800. The zero-order valence-electron chi connectivity index (χ0n) is 13.2. The molecule has 1 aliphatic heterocycles. The minimum atomic E-state index is 0.729. The van der Waals surface area contributed by atoms with Crippen molar-refractivity contribution in [3.63, 3.8) is 0 Å². The summed E-state index contributed by atoms with van der Waals surface area (Å²) in [5.74, 6) is 0. The van der Waals surface area contributed by atoms with Crippen LogP contribution >= 0.6 is 0 Å². The second-order valence-electron chi connectivity index (χ2n) is 6.60. The maximum Gasteiger partial charge on any atom is 0.0252 e. The third-order valence-electron chi connectivity index (χ3n) is 5.42. The van der Waals surface area contributed by atoms with E-state index in [1.165, 1.54) is 77.2 Å². The van der Waals surface area contributed by atoms with Crippen molar-refractivity contribution in [1.29, 1.82) is 0 Å². The fraction of sp³-hybridized carbons (Fsp3) is 1.00. The van der Waals surface area contributed by atoms with Crippen LogP contribution < -0.4 is 5.32 Å². The third-order valence-corrected chi connectivity index (χ3v) is 5.42. The van der Waals surface area contributed by atoms with Crippen LogP contribution in [-0.4, -0.2) is 36.6 Å².